The van der Waals surface area contributed by atoms with Crippen molar-refractivity contribution in [1.82, 2.24) is 0 Å². The molecule has 0 aliphatic carbocycles. The predicted octanol–water partition coefficient (Wildman–Crippen LogP) is -1.18. The largest absolute Gasteiger partial charge is 0.387 e. The lowest BCUT2D eigenvalue weighted by atomic mass is 11.4. The molecule has 0 aromatic heterocycles. The molecule has 0 spiro atoms. The zero-order valence-electron chi connectivity index (χ0n) is 3.29. The average Bonchev–Trinajstić information content (AvgIpc) is 1.61. The Labute approximate surface area is 35.7 Å². The van der Waals surface area contributed by atoms with Gasteiger partial charge >= 0.3 is 0 Å². The first-order chi connectivity index (χ1) is 2.91. The number of hydrogen-bond acceptors (Lipinski definition) is 3. The van der Waals surface area contributed by atoms with Crippen LogP contribution in [-0.4, -0.2) is 13.1 Å². The Morgan fingerprint density at radius 1 is 1.83 bits per heavy atom. The van der Waals surface area contributed by atoms with Crippen LogP contribution in [0, 0.1) is 0 Å². The number of nitrogens with zero attached hydrogens (tertiary/aromatic N) is 1. The van der Waals surface area contributed by atoms with Gasteiger partial charge < -0.3 is 10.6 Å². The third kappa shape index (κ3) is 3.23. The van der Waals surface area contributed by atoms with Crippen molar-refractivity contribution in [3.63, 3.8) is 0 Å². The van der Waals surface area contributed by atoms with E-state index < -0.39 is 0 Å². The van der Waals surface area contributed by atoms with E-state index in [0.29, 0.717) is 0 Å². The van der Waals surface area contributed by atoms with Crippen LogP contribution >= 0.6 is 0 Å². The van der Waals surface area contributed by atoms with Gasteiger partial charge in [0, 0.05) is 0 Å². The minimum absolute atomic E-state index is 0.0771. The Morgan fingerprint density at radius 3 is 2.67 bits per heavy atom. The van der Waals surface area contributed by atoms with Gasteiger partial charge in [-0.3, -0.25) is 5.73 Å². The number of nitrogens with two attached hydrogens (primary N) is 2. The molecule has 0 rings (SSSR count). The molecule has 0 bridgehead atoms. The molecule has 0 aliphatic heterocycles. The summed E-state index contributed by atoms with van der Waals surface area (Å²) in [4.78, 5) is 4.20. The number of oxime groups is 1. The minimum Gasteiger partial charge on any atom is -0.387 e. The Hall–Kier alpha value is -0.770. The van der Waals surface area contributed by atoms with E-state index in [9.17, 15) is 0 Å². The molecule has 4 heteroatoms. The smallest absolute Gasteiger partial charge is 0.166 e. The van der Waals surface area contributed by atoms with Crippen molar-refractivity contribution in [2.45, 2.75) is 0 Å². The molecular weight excluding hydrogens is 82.0 g/mol. The molecule has 0 aromatic carbocycles. The van der Waals surface area contributed by atoms with Crippen LogP contribution in [0.4, 0.5) is 0 Å². The van der Waals surface area contributed by atoms with Crippen molar-refractivity contribution in [2.24, 2.45) is 16.6 Å². The van der Waals surface area contributed by atoms with Crippen molar-refractivity contribution in [1.29, 1.82) is 0 Å². The van der Waals surface area contributed by atoms with E-state index >= 15 is 0 Å². The second-order valence-electron chi connectivity index (χ2n) is 0.550. The van der Waals surface area contributed by atoms with E-state index in [0.717, 1.165) is 6.34 Å². The molecule has 0 heterocycles. The third-order valence-electron chi connectivity index (χ3n) is 0.210. The van der Waals surface area contributed by atoms with Gasteiger partial charge in [0.1, 0.15) is 6.34 Å². The Balaban J connectivity index is 2.66. The summed E-state index contributed by atoms with van der Waals surface area (Å²) in [5.41, 5.74) is 9.57. The van der Waals surface area contributed by atoms with Crippen LogP contribution in [0.25, 0.3) is 0 Å². The van der Waals surface area contributed by atoms with Crippen molar-refractivity contribution >= 4 is 6.34 Å². The van der Waals surface area contributed by atoms with E-state index in [2.05, 4.69) is 9.99 Å². The SMILES string of the molecule is NC=NOCN. The van der Waals surface area contributed by atoms with E-state index in [1.165, 1.54) is 0 Å². The Bertz CT molecular complexity index is 44.1. The number of hydrogen-bond donors (Lipinski definition) is 2. The fraction of sp³-hybridized carbons (Fsp3) is 0.500. The van der Waals surface area contributed by atoms with Gasteiger partial charge in [-0.25, -0.2) is 0 Å². The molecule has 0 aliphatic rings. The van der Waals surface area contributed by atoms with Gasteiger partial charge in [-0.2, -0.15) is 0 Å². The van der Waals surface area contributed by atoms with Crippen LogP contribution in [-0.2, 0) is 4.84 Å². The van der Waals surface area contributed by atoms with Gasteiger partial charge in [-0.05, 0) is 0 Å². The normalized spacial score (nSPS) is 9.50. The summed E-state index contributed by atoms with van der Waals surface area (Å²) in [6.45, 7) is 0.0771. The van der Waals surface area contributed by atoms with Crippen LogP contribution in [0.2, 0.25) is 0 Å². The molecule has 0 fully saturated rings. The van der Waals surface area contributed by atoms with Crippen molar-refractivity contribution < 1.29 is 4.84 Å². The van der Waals surface area contributed by atoms with Crippen LogP contribution < -0.4 is 11.5 Å². The first-order valence-corrected chi connectivity index (χ1v) is 1.47. The number of rotatable bonds is 2. The first-order valence-electron chi connectivity index (χ1n) is 1.47. The fourth-order valence-corrected chi connectivity index (χ4v) is 0.0861. The predicted molar refractivity (Wildman–Crippen MR) is 22.8 cm³/mol. The molecule has 0 amide bonds. The van der Waals surface area contributed by atoms with Crippen molar-refractivity contribution in [3.8, 4) is 0 Å². The lowest BCUT2D eigenvalue weighted by molar-refractivity contribution is 0.153. The van der Waals surface area contributed by atoms with Crippen LogP contribution in [0.5, 0.6) is 0 Å². The Morgan fingerprint density at radius 2 is 2.50 bits per heavy atom. The zero-order chi connectivity index (χ0) is 4.83. The highest BCUT2D eigenvalue weighted by molar-refractivity contribution is 5.49. The van der Waals surface area contributed by atoms with Crippen molar-refractivity contribution in [3.05, 3.63) is 0 Å². The van der Waals surface area contributed by atoms with E-state index in [4.69, 9.17) is 11.5 Å². The first kappa shape index (κ1) is 5.23. The summed E-state index contributed by atoms with van der Waals surface area (Å²) >= 11 is 0. The maximum absolute atomic E-state index is 4.82. The highest BCUT2D eigenvalue weighted by atomic mass is 16.6. The maximum Gasteiger partial charge on any atom is 0.166 e. The average molecular weight is 89.1 g/mol. The fourth-order valence-electron chi connectivity index (χ4n) is 0.0861. The highest BCUT2D eigenvalue weighted by Crippen LogP contribution is 1.59. The lowest BCUT2D eigenvalue weighted by Gasteiger charge is -1.84. The molecule has 0 aromatic rings. The van der Waals surface area contributed by atoms with Crippen LogP contribution in [0.1, 0.15) is 0 Å². The van der Waals surface area contributed by atoms with Gasteiger partial charge in [-0.15, -0.1) is 0 Å². The molecule has 0 saturated carbocycles. The summed E-state index contributed by atoms with van der Waals surface area (Å²) in [7, 11) is 0. The van der Waals surface area contributed by atoms with E-state index in [-0.39, 0.29) is 6.73 Å². The molecule has 0 atom stereocenters. The summed E-state index contributed by atoms with van der Waals surface area (Å²) in [5, 5.41) is 3.12. The van der Waals surface area contributed by atoms with Gasteiger partial charge in [-0.1, -0.05) is 5.16 Å². The quantitative estimate of drug-likeness (QED) is 0.193. The summed E-state index contributed by atoms with van der Waals surface area (Å²) in [5.74, 6) is 0. The van der Waals surface area contributed by atoms with Gasteiger partial charge in [0.05, 0.1) is 0 Å². The summed E-state index contributed by atoms with van der Waals surface area (Å²) < 4.78 is 0. The summed E-state index contributed by atoms with van der Waals surface area (Å²) in [6.07, 6.45) is 1.03. The molecule has 0 unspecified atom stereocenters. The molecular formula is C2H7N3O. The summed E-state index contributed by atoms with van der Waals surface area (Å²) in [6, 6.07) is 0. The van der Waals surface area contributed by atoms with Crippen LogP contribution in [0.3, 0.4) is 0 Å². The molecule has 0 radical (unpaired) electrons. The molecule has 4 nitrogen and oxygen atoms in total. The van der Waals surface area contributed by atoms with E-state index in [1.807, 2.05) is 0 Å². The Kier molecular flexibility index (Phi) is 3.69. The van der Waals surface area contributed by atoms with Crippen molar-refractivity contribution in [2.75, 3.05) is 6.73 Å². The molecule has 0 saturated heterocycles. The van der Waals surface area contributed by atoms with E-state index in [1.54, 1.807) is 0 Å². The molecule has 36 valence electrons. The highest BCUT2D eigenvalue weighted by Gasteiger charge is 1.60. The standard InChI is InChI=1S/C2H7N3O/c3-1-5-6-2-4/h1H,2,4H2,(H2,3,5). The maximum atomic E-state index is 4.82. The molecule has 6 heavy (non-hydrogen) atoms. The third-order valence-corrected chi connectivity index (χ3v) is 0.210. The van der Waals surface area contributed by atoms with Gasteiger partial charge in [0.15, 0.2) is 6.73 Å². The van der Waals surface area contributed by atoms with Gasteiger partial charge in [0.2, 0.25) is 0 Å². The van der Waals surface area contributed by atoms with Gasteiger partial charge in [0.25, 0.3) is 0 Å². The lowest BCUT2D eigenvalue weighted by Crippen LogP contribution is -2.01. The molecule has 4 N–H and O–H groups in total. The van der Waals surface area contributed by atoms with Crippen LogP contribution in [0.15, 0.2) is 5.16 Å². The zero-order valence-corrected chi connectivity index (χ0v) is 3.29. The topological polar surface area (TPSA) is 73.6 Å². The monoisotopic (exact) mass is 89.1 g/mol. The minimum atomic E-state index is 0.0771. The second kappa shape index (κ2) is 4.23. The second-order valence-corrected chi connectivity index (χ2v) is 0.550.